The monoisotopic (exact) mass is 446 g/mol. The number of amides is 1. The van der Waals surface area contributed by atoms with Crippen LogP contribution >= 0.6 is 0 Å². The van der Waals surface area contributed by atoms with E-state index < -0.39 is 5.60 Å². The summed E-state index contributed by atoms with van der Waals surface area (Å²) in [4.78, 5) is 24.1. The summed E-state index contributed by atoms with van der Waals surface area (Å²) in [6, 6.07) is 14.3. The fourth-order valence-corrected chi connectivity index (χ4v) is 4.65. The number of pyridine rings is 1. The number of nitrogens with zero attached hydrogens (tertiary/aromatic N) is 4. The van der Waals surface area contributed by atoms with E-state index in [9.17, 15) is 4.79 Å². The van der Waals surface area contributed by atoms with E-state index in [2.05, 4.69) is 34.4 Å². The van der Waals surface area contributed by atoms with Gasteiger partial charge in [0.2, 0.25) is 0 Å². The highest BCUT2D eigenvalue weighted by molar-refractivity contribution is 5.70. The lowest BCUT2D eigenvalue weighted by atomic mass is 9.67. The molecule has 2 aliphatic rings. The third kappa shape index (κ3) is 4.49. The van der Waals surface area contributed by atoms with Crippen LogP contribution < -0.4 is 0 Å². The molecule has 0 saturated heterocycles. The van der Waals surface area contributed by atoms with Gasteiger partial charge in [-0.2, -0.15) is 4.98 Å². The maximum Gasteiger partial charge on any atom is 0.410 e. The van der Waals surface area contributed by atoms with Gasteiger partial charge in [0.05, 0.1) is 11.0 Å². The topological polar surface area (TPSA) is 81.4 Å². The molecule has 2 saturated carbocycles. The number of rotatable bonds is 6. The van der Waals surface area contributed by atoms with Crippen LogP contribution in [0.25, 0.3) is 11.5 Å². The van der Waals surface area contributed by atoms with Gasteiger partial charge in [-0.3, -0.25) is 4.98 Å². The first-order chi connectivity index (χ1) is 15.8. The van der Waals surface area contributed by atoms with Crippen LogP contribution in [0, 0.1) is 0 Å². The smallest absolute Gasteiger partial charge is 0.410 e. The molecule has 1 unspecified atom stereocenters. The van der Waals surface area contributed by atoms with E-state index in [0.29, 0.717) is 24.2 Å². The first-order valence-electron chi connectivity index (χ1n) is 11.6. The zero-order valence-corrected chi connectivity index (χ0v) is 19.4. The van der Waals surface area contributed by atoms with Crippen molar-refractivity contribution in [3.8, 4) is 11.5 Å². The summed E-state index contributed by atoms with van der Waals surface area (Å²) in [6.45, 7) is 6.25. The summed E-state index contributed by atoms with van der Waals surface area (Å²) in [5.41, 5.74) is 1.18. The predicted molar refractivity (Wildman–Crippen MR) is 124 cm³/mol. The Balaban J connectivity index is 1.41. The maximum atomic E-state index is 13.3. The van der Waals surface area contributed by atoms with Gasteiger partial charge in [0.25, 0.3) is 5.89 Å². The fraction of sp³-hybridized carbons (Fsp3) is 0.462. The van der Waals surface area contributed by atoms with Gasteiger partial charge >= 0.3 is 6.09 Å². The first-order valence-corrected chi connectivity index (χ1v) is 11.6. The van der Waals surface area contributed by atoms with Crippen molar-refractivity contribution in [3.63, 3.8) is 0 Å². The second kappa shape index (κ2) is 8.28. The molecule has 7 heteroatoms. The van der Waals surface area contributed by atoms with E-state index in [1.165, 1.54) is 5.56 Å². The summed E-state index contributed by atoms with van der Waals surface area (Å²) in [7, 11) is 0. The minimum absolute atomic E-state index is 0.115. The van der Waals surface area contributed by atoms with E-state index >= 15 is 0 Å². The highest BCUT2D eigenvalue weighted by Crippen LogP contribution is 2.49. The van der Waals surface area contributed by atoms with E-state index in [4.69, 9.17) is 14.2 Å². The van der Waals surface area contributed by atoms with Crippen molar-refractivity contribution < 1.29 is 14.1 Å². The molecular weight excluding hydrogens is 416 g/mol. The van der Waals surface area contributed by atoms with Crippen molar-refractivity contribution in [2.45, 2.75) is 69.4 Å². The van der Waals surface area contributed by atoms with Gasteiger partial charge in [-0.15, -0.1) is 0 Å². The molecule has 0 aliphatic heterocycles. The van der Waals surface area contributed by atoms with Gasteiger partial charge in [-0.25, -0.2) is 4.79 Å². The molecule has 0 radical (unpaired) electrons. The summed E-state index contributed by atoms with van der Waals surface area (Å²) in [5.74, 6) is 1.45. The molecule has 0 bridgehead atoms. The number of carbonyl (C=O) groups is 1. The Labute approximate surface area is 194 Å². The van der Waals surface area contributed by atoms with Gasteiger partial charge in [-0.1, -0.05) is 41.9 Å². The maximum absolute atomic E-state index is 13.3. The van der Waals surface area contributed by atoms with Gasteiger partial charge < -0.3 is 14.2 Å². The molecule has 5 rings (SSSR count). The molecule has 2 heterocycles. The highest BCUT2D eigenvalue weighted by Gasteiger charge is 2.52. The van der Waals surface area contributed by atoms with Gasteiger partial charge in [0, 0.05) is 30.9 Å². The molecule has 2 aliphatic carbocycles. The Morgan fingerprint density at radius 1 is 1.18 bits per heavy atom. The number of benzene rings is 1. The Kier molecular flexibility index (Phi) is 5.43. The number of carbonyl (C=O) groups excluding carboxylic acids is 1. The van der Waals surface area contributed by atoms with Crippen LogP contribution in [0.15, 0.2) is 59.4 Å². The first kappa shape index (κ1) is 21.6. The van der Waals surface area contributed by atoms with Crippen LogP contribution in [0.1, 0.15) is 63.8 Å². The van der Waals surface area contributed by atoms with Crippen molar-refractivity contribution >= 4 is 6.09 Å². The molecule has 1 aromatic carbocycles. The van der Waals surface area contributed by atoms with E-state index in [1.807, 2.05) is 43.9 Å². The van der Waals surface area contributed by atoms with Crippen molar-refractivity contribution in [1.82, 2.24) is 20.0 Å². The summed E-state index contributed by atoms with van der Waals surface area (Å²) < 4.78 is 11.4. The minimum atomic E-state index is -0.557. The average molecular weight is 447 g/mol. The molecular formula is C26H30N4O3. The third-order valence-corrected chi connectivity index (χ3v) is 6.61. The zero-order chi connectivity index (χ0) is 23.1. The molecule has 2 atom stereocenters. The fourth-order valence-electron chi connectivity index (χ4n) is 4.65. The van der Waals surface area contributed by atoms with Crippen molar-refractivity contribution in [2.75, 3.05) is 6.54 Å². The zero-order valence-electron chi connectivity index (χ0n) is 19.4. The number of hydrogen-bond donors (Lipinski definition) is 0. The molecule has 2 aromatic heterocycles. The van der Waals surface area contributed by atoms with Gasteiger partial charge in [-0.05, 0) is 57.7 Å². The number of ether oxygens (including phenoxy) is 1. The normalized spacial score (nSPS) is 21.2. The van der Waals surface area contributed by atoms with Crippen LogP contribution in [0.5, 0.6) is 0 Å². The molecule has 1 amide bonds. The molecule has 2 fully saturated rings. The van der Waals surface area contributed by atoms with Gasteiger partial charge in [0.15, 0.2) is 5.82 Å². The SMILES string of the molecule is CC(C)(C)OC(=O)N(CC1(c2noc(-c3cccnc3)n2)CCC1)[C@H]1CC1c1ccccc1. The highest BCUT2D eigenvalue weighted by atomic mass is 16.6. The lowest BCUT2D eigenvalue weighted by Crippen LogP contribution is -2.50. The van der Waals surface area contributed by atoms with Crippen molar-refractivity contribution in [2.24, 2.45) is 0 Å². The van der Waals surface area contributed by atoms with Crippen molar-refractivity contribution in [1.29, 1.82) is 0 Å². The summed E-state index contributed by atoms with van der Waals surface area (Å²) in [5, 5.41) is 4.34. The second-order valence-electron chi connectivity index (χ2n) is 10.2. The Hall–Kier alpha value is -3.22. The minimum Gasteiger partial charge on any atom is -0.444 e. The van der Waals surface area contributed by atoms with Crippen LogP contribution in [0.3, 0.4) is 0 Å². The Morgan fingerprint density at radius 2 is 1.97 bits per heavy atom. The second-order valence-corrected chi connectivity index (χ2v) is 10.2. The lowest BCUT2D eigenvalue weighted by molar-refractivity contribution is 0.0123. The standard InChI is InChI=1S/C26H30N4O3/c1-25(2,3)32-24(31)30(21-15-20(21)18-9-5-4-6-10-18)17-26(12-8-13-26)23-28-22(33-29-23)19-11-7-14-27-16-19/h4-7,9-11,14,16,20-21H,8,12-13,15,17H2,1-3H3/t20?,21-/m0/s1. The van der Waals surface area contributed by atoms with E-state index in [-0.39, 0.29) is 17.6 Å². The lowest BCUT2D eigenvalue weighted by Gasteiger charge is -2.43. The summed E-state index contributed by atoms with van der Waals surface area (Å²) in [6.07, 6.45) is 7.01. The summed E-state index contributed by atoms with van der Waals surface area (Å²) >= 11 is 0. The average Bonchev–Trinajstić information content (AvgIpc) is 3.40. The predicted octanol–water partition coefficient (Wildman–Crippen LogP) is 5.35. The third-order valence-electron chi connectivity index (χ3n) is 6.61. The molecule has 0 spiro atoms. The molecule has 172 valence electrons. The van der Waals surface area contributed by atoms with Crippen LogP contribution in [0.2, 0.25) is 0 Å². The Morgan fingerprint density at radius 3 is 2.61 bits per heavy atom. The number of hydrogen-bond acceptors (Lipinski definition) is 6. The van der Waals surface area contributed by atoms with E-state index in [0.717, 1.165) is 31.2 Å². The molecule has 7 nitrogen and oxygen atoms in total. The molecule has 0 N–H and O–H groups in total. The van der Waals surface area contributed by atoms with Crippen LogP contribution in [0.4, 0.5) is 4.79 Å². The van der Waals surface area contributed by atoms with Crippen molar-refractivity contribution in [3.05, 3.63) is 66.2 Å². The largest absolute Gasteiger partial charge is 0.444 e. The van der Waals surface area contributed by atoms with Crippen LogP contribution in [-0.2, 0) is 10.2 Å². The molecule has 3 aromatic rings. The van der Waals surface area contributed by atoms with Gasteiger partial charge in [0.1, 0.15) is 5.60 Å². The quantitative estimate of drug-likeness (QED) is 0.508. The number of aromatic nitrogens is 3. The molecule has 33 heavy (non-hydrogen) atoms. The van der Waals surface area contributed by atoms with E-state index in [1.54, 1.807) is 12.4 Å². The Bertz CT molecular complexity index is 1100. The van der Waals surface area contributed by atoms with Crippen LogP contribution in [-0.4, -0.2) is 44.3 Å².